The van der Waals surface area contributed by atoms with E-state index in [2.05, 4.69) is 10.6 Å². The molecule has 0 spiro atoms. The Morgan fingerprint density at radius 1 is 1.35 bits per heavy atom. The Hall–Kier alpha value is -1.59. The molecule has 1 rings (SSSR count). The molecule has 1 saturated carbocycles. The van der Waals surface area contributed by atoms with Crippen molar-refractivity contribution >= 4 is 17.8 Å². The van der Waals surface area contributed by atoms with Crippen molar-refractivity contribution < 1.29 is 19.5 Å². The Morgan fingerprint density at radius 3 is 2.50 bits per heavy atom. The first-order valence-electron chi connectivity index (χ1n) is 7.25. The molecule has 0 heterocycles. The van der Waals surface area contributed by atoms with Crippen LogP contribution in [0.4, 0.5) is 0 Å². The van der Waals surface area contributed by atoms with Crippen LogP contribution >= 0.6 is 0 Å². The Kier molecular flexibility index (Phi) is 6.48. The van der Waals surface area contributed by atoms with Gasteiger partial charge in [0.2, 0.25) is 11.8 Å². The summed E-state index contributed by atoms with van der Waals surface area (Å²) in [6.45, 7) is 4.24. The minimum absolute atomic E-state index is 0.00827. The quantitative estimate of drug-likeness (QED) is 0.586. The summed E-state index contributed by atoms with van der Waals surface area (Å²) < 4.78 is 0. The van der Waals surface area contributed by atoms with Crippen LogP contribution in [-0.4, -0.2) is 35.5 Å². The van der Waals surface area contributed by atoms with E-state index < -0.39 is 12.0 Å². The van der Waals surface area contributed by atoms with Gasteiger partial charge in [-0.2, -0.15) is 0 Å². The van der Waals surface area contributed by atoms with E-state index in [1.54, 1.807) is 0 Å². The van der Waals surface area contributed by atoms with Crippen molar-refractivity contribution in [1.29, 1.82) is 0 Å². The Balaban J connectivity index is 2.20. The zero-order chi connectivity index (χ0) is 15.1. The average molecular weight is 284 g/mol. The van der Waals surface area contributed by atoms with E-state index in [9.17, 15) is 14.4 Å². The fourth-order valence-electron chi connectivity index (χ4n) is 2.05. The van der Waals surface area contributed by atoms with E-state index in [0.29, 0.717) is 12.3 Å². The Bertz CT molecular complexity index is 370. The lowest BCUT2D eigenvalue weighted by Crippen LogP contribution is -2.42. The summed E-state index contributed by atoms with van der Waals surface area (Å²) in [5.41, 5.74) is 0. The molecule has 0 saturated heterocycles. The number of nitrogens with one attached hydrogen (secondary N) is 2. The van der Waals surface area contributed by atoms with Gasteiger partial charge in [-0.25, -0.2) is 4.79 Å². The molecule has 6 nitrogen and oxygen atoms in total. The van der Waals surface area contributed by atoms with Gasteiger partial charge in [0.25, 0.3) is 0 Å². The summed E-state index contributed by atoms with van der Waals surface area (Å²) in [5.74, 6) is -0.824. The molecular weight excluding hydrogens is 260 g/mol. The van der Waals surface area contributed by atoms with E-state index in [1.807, 2.05) is 13.8 Å². The second-order valence-corrected chi connectivity index (χ2v) is 5.46. The van der Waals surface area contributed by atoms with Gasteiger partial charge >= 0.3 is 5.97 Å². The van der Waals surface area contributed by atoms with Crippen molar-refractivity contribution in [2.45, 2.75) is 52.0 Å². The Labute approximate surface area is 119 Å². The van der Waals surface area contributed by atoms with Crippen LogP contribution in [0.15, 0.2) is 0 Å². The molecule has 2 amide bonds. The fourth-order valence-corrected chi connectivity index (χ4v) is 2.05. The monoisotopic (exact) mass is 284 g/mol. The smallest absolute Gasteiger partial charge is 0.326 e. The number of amides is 2. The molecule has 3 N–H and O–H groups in total. The maximum absolute atomic E-state index is 11.6. The van der Waals surface area contributed by atoms with Crippen LogP contribution in [0.2, 0.25) is 0 Å². The molecule has 3 atom stereocenters. The number of hydrogen-bond donors (Lipinski definition) is 3. The normalized spacial score (nSPS) is 21.9. The second kappa shape index (κ2) is 7.87. The fraction of sp³-hybridized carbons (Fsp3) is 0.786. The maximum Gasteiger partial charge on any atom is 0.326 e. The zero-order valence-electron chi connectivity index (χ0n) is 12.1. The van der Waals surface area contributed by atoms with Gasteiger partial charge in [0.15, 0.2) is 0 Å². The van der Waals surface area contributed by atoms with Crippen molar-refractivity contribution in [2.24, 2.45) is 11.8 Å². The molecule has 0 aromatic rings. The van der Waals surface area contributed by atoms with Gasteiger partial charge in [-0.1, -0.05) is 26.7 Å². The molecule has 0 aliphatic heterocycles. The molecule has 0 radical (unpaired) electrons. The summed E-state index contributed by atoms with van der Waals surface area (Å²) in [6.07, 6.45) is 3.10. The standard InChI is InChI=1S/C14H24N2O4/c1-3-4-5-11(14(19)20)16-12(17)6-7-15-13(18)10-8-9(10)2/h9-11H,3-8H2,1-2H3,(H,15,18)(H,16,17)(H,19,20)/t9?,10?,11-/m0/s1. The van der Waals surface area contributed by atoms with Crippen LogP contribution in [0, 0.1) is 11.8 Å². The highest BCUT2D eigenvalue weighted by Crippen LogP contribution is 2.37. The number of carboxylic acids is 1. The summed E-state index contributed by atoms with van der Waals surface area (Å²) in [7, 11) is 0. The largest absolute Gasteiger partial charge is 0.480 e. The minimum atomic E-state index is -1.01. The first-order valence-corrected chi connectivity index (χ1v) is 7.25. The van der Waals surface area contributed by atoms with Crippen molar-refractivity contribution in [3.8, 4) is 0 Å². The SMILES string of the molecule is CCCC[C@H](NC(=O)CCNC(=O)C1CC1C)C(=O)O. The summed E-state index contributed by atoms with van der Waals surface area (Å²) >= 11 is 0. The number of hydrogen-bond acceptors (Lipinski definition) is 3. The average Bonchev–Trinajstić information content (AvgIpc) is 3.11. The number of carbonyl (C=O) groups is 3. The third-order valence-corrected chi connectivity index (χ3v) is 3.58. The van der Waals surface area contributed by atoms with Gasteiger partial charge in [0.1, 0.15) is 6.04 Å². The van der Waals surface area contributed by atoms with Crippen LogP contribution in [0.25, 0.3) is 0 Å². The lowest BCUT2D eigenvalue weighted by molar-refractivity contribution is -0.142. The molecule has 20 heavy (non-hydrogen) atoms. The van der Waals surface area contributed by atoms with Gasteiger partial charge in [0, 0.05) is 18.9 Å². The molecule has 0 bridgehead atoms. The van der Waals surface area contributed by atoms with E-state index >= 15 is 0 Å². The van der Waals surface area contributed by atoms with Gasteiger partial charge < -0.3 is 15.7 Å². The van der Waals surface area contributed by atoms with Gasteiger partial charge in [0.05, 0.1) is 0 Å². The second-order valence-electron chi connectivity index (χ2n) is 5.46. The van der Waals surface area contributed by atoms with Crippen LogP contribution in [-0.2, 0) is 14.4 Å². The minimum Gasteiger partial charge on any atom is -0.480 e. The first-order chi connectivity index (χ1) is 9.45. The predicted octanol–water partition coefficient (Wildman–Crippen LogP) is 0.908. The van der Waals surface area contributed by atoms with Gasteiger partial charge in [-0.15, -0.1) is 0 Å². The molecule has 1 aliphatic carbocycles. The number of aliphatic carboxylic acids is 1. The predicted molar refractivity (Wildman–Crippen MR) is 74.0 cm³/mol. The number of carbonyl (C=O) groups excluding carboxylic acids is 2. The first kappa shape index (κ1) is 16.5. The van der Waals surface area contributed by atoms with E-state index in [-0.39, 0.29) is 30.7 Å². The van der Waals surface area contributed by atoms with E-state index in [0.717, 1.165) is 19.3 Å². The molecule has 2 unspecified atom stereocenters. The van der Waals surface area contributed by atoms with Crippen LogP contribution in [0.3, 0.4) is 0 Å². The molecule has 6 heteroatoms. The topological polar surface area (TPSA) is 95.5 Å². The van der Waals surface area contributed by atoms with Crippen molar-refractivity contribution in [2.75, 3.05) is 6.54 Å². The highest BCUT2D eigenvalue weighted by atomic mass is 16.4. The third-order valence-electron chi connectivity index (χ3n) is 3.58. The highest BCUT2D eigenvalue weighted by molar-refractivity contribution is 5.85. The van der Waals surface area contributed by atoms with Crippen molar-refractivity contribution in [3.63, 3.8) is 0 Å². The summed E-state index contributed by atoms with van der Waals surface area (Å²) in [4.78, 5) is 34.1. The number of rotatable bonds is 9. The van der Waals surface area contributed by atoms with E-state index in [4.69, 9.17) is 5.11 Å². The zero-order valence-corrected chi connectivity index (χ0v) is 12.1. The lowest BCUT2D eigenvalue weighted by atomic mass is 10.1. The van der Waals surface area contributed by atoms with E-state index in [1.165, 1.54) is 0 Å². The lowest BCUT2D eigenvalue weighted by Gasteiger charge is -2.14. The van der Waals surface area contributed by atoms with Crippen molar-refractivity contribution in [1.82, 2.24) is 10.6 Å². The molecular formula is C14H24N2O4. The summed E-state index contributed by atoms with van der Waals surface area (Å²) in [5, 5.41) is 14.2. The third kappa shape index (κ3) is 5.59. The van der Waals surface area contributed by atoms with Crippen LogP contribution < -0.4 is 10.6 Å². The molecule has 114 valence electrons. The van der Waals surface area contributed by atoms with Crippen LogP contribution in [0.1, 0.15) is 46.0 Å². The van der Waals surface area contributed by atoms with Crippen LogP contribution in [0.5, 0.6) is 0 Å². The Morgan fingerprint density at radius 2 is 2.00 bits per heavy atom. The molecule has 0 aromatic carbocycles. The number of carboxylic acid groups (broad SMARTS) is 1. The van der Waals surface area contributed by atoms with Gasteiger partial charge in [-0.05, 0) is 18.8 Å². The van der Waals surface area contributed by atoms with Gasteiger partial charge in [-0.3, -0.25) is 9.59 Å². The molecule has 1 aliphatic rings. The maximum atomic E-state index is 11.6. The summed E-state index contributed by atoms with van der Waals surface area (Å²) in [6, 6.07) is -0.832. The number of unbranched alkanes of at least 4 members (excludes halogenated alkanes) is 1. The van der Waals surface area contributed by atoms with Crippen molar-refractivity contribution in [3.05, 3.63) is 0 Å². The highest BCUT2D eigenvalue weighted by Gasteiger charge is 2.38. The molecule has 1 fully saturated rings. The molecule has 0 aromatic heterocycles.